The van der Waals surface area contributed by atoms with E-state index in [1.54, 1.807) is 14.0 Å². The van der Waals surface area contributed by atoms with E-state index in [1.807, 2.05) is 54.1 Å². The number of aromatic nitrogens is 2. The van der Waals surface area contributed by atoms with Crippen molar-refractivity contribution in [3.63, 3.8) is 0 Å². The fourth-order valence-electron chi connectivity index (χ4n) is 2.56. The number of fused-ring (bicyclic) bond motifs is 1. The normalized spacial score (nSPS) is 13.7. The minimum absolute atomic E-state index is 0.157. The van der Waals surface area contributed by atoms with Gasteiger partial charge in [-0.2, -0.15) is 5.10 Å². The van der Waals surface area contributed by atoms with Crippen molar-refractivity contribution in [2.24, 2.45) is 0 Å². The van der Waals surface area contributed by atoms with Gasteiger partial charge in [0.2, 0.25) is 0 Å². The van der Waals surface area contributed by atoms with Gasteiger partial charge >= 0.3 is 0 Å². The third kappa shape index (κ3) is 3.18. The number of hydrogen-bond donors (Lipinski definition) is 2. The Morgan fingerprint density at radius 3 is 2.67 bits per heavy atom. The molecule has 0 aliphatic rings. The molecule has 0 saturated carbocycles. The van der Waals surface area contributed by atoms with Crippen LogP contribution in [-0.2, 0) is 0 Å². The van der Waals surface area contributed by atoms with Gasteiger partial charge in [-0.1, -0.05) is 17.7 Å². The highest BCUT2D eigenvalue weighted by atomic mass is 35.5. The molecular weight excluding hydrogens is 326 g/mol. The molecule has 0 aliphatic carbocycles. The maximum atomic E-state index is 9.95. The van der Waals surface area contributed by atoms with Crippen LogP contribution in [0.1, 0.15) is 19.9 Å². The lowest BCUT2D eigenvalue weighted by Gasteiger charge is -2.16. The Morgan fingerprint density at radius 1 is 1.21 bits per heavy atom. The van der Waals surface area contributed by atoms with Crippen molar-refractivity contribution in [1.82, 2.24) is 9.78 Å². The first-order chi connectivity index (χ1) is 11.5. The number of nitrogens with zero attached hydrogens (tertiary/aromatic N) is 2. The van der Waals surface area contributed by atoms with E-state index >= 15 is 0 Å². The minimum atomic E-state index is -0.519. The number of hydrogen-bond acceptors (Lipinski definition) is 4. The molecule has 1 aromatic heterocycles. The number of anilines is 2. The Hall–Kier alpha value is -2.24. The SMILES string of the molecule is COc1ccc2c(c1)c(Nc1cccc(Cl)c1)nn2C(C)C(C)O. The van der Waals surface area contributed by atoms with Gasteiger partial charge in [0.1, 0.15) is 5.75 Å². The van der Waals surface area contributed by atoms with E-state index < -0.39 is 6.10 Å². The number of ether oxygens (including phenoxy) is 1. The first-order valence-electron chi connectivity index (χ1n) is 7.76. The largest absolute Gasteiger partial charge is 0.497 e. The van der Waals surface area contributed by atoms with Crippen molar-refractivity contribution in [3.05, 3.63) is 47.5 Å². The van der Waals surface area contributed by atoms with E-state index in [1.165, 1.54) is 0 Å². The van der Waals surface area contributed by atoms with Crippen molar-refractivity contribution in [2.75, 3.05) is 12.4 Å². The number of benzene rings is 2. The van der Waals surface area contributed by atoms with Gasteiger partial charge in [0, 0.05) is 16.1 Å². The van der Waals surface area contributed by atoms with Gasteiger partial charge < -0.3 is 15.2 Å². The molecule has 0 spiro atoms. The average Bonchev–Trinajstić information content (AvgIpc) is 2.91. The molecule has 0 saturated heterocycles. The highest BCUT2D eigenvalue weighted by molar-refractivity contribution is 6.30. The van der Waals surface area contributed by atoms with E-state index in [9.17, 15) is 5.11 Å². The number of methoxy groups -OCH3 is 1. The number of nitrogens with one attached hydrogen (secondary N) is 1. The summed E-state index contributed by atoms with van der Waals surface area (Å²) in [7, 11) is 1.63. The van der Waals surface area contributed by atoms with Crippen LogP contribution in [0.5, 0.6) is 5.75 Å². The molecule has 6 heteroatoms. The molecule has 0 bridgehead atoms. The van der Waals surface area contributed by atoms with Crippen LogP contribution in [0, 0.1) is 0 Å². The second-order valence-electron chi connectivity index (χ2n) is 5.79. The van der Waals surface area contributed by atoms with Crippen LogP contribution in [0.15, 0.2) is 42.5 Å². The van der Waals surface area contributed by atoms with E-state index in [-0.39, 0.29) is 6.04 Å². The van der Waals surface area contributed by atoms with Gasteiger partial charge in [-0.15, -0.1) is 0 Å². The van der Waals surface area contributed by atoms with Crippen LogP contribution in [0.4, 0.5) is 11.5 Å². The molecule has 5 nitrogen and oxygen atoms in total. The second kappa shape index (κ2) is 6.71. The lowest BCUT2D eigenvalue weighted by Crippen LogP contribution is -2.19. The van der Waals surface area contributed by atoms with Crippen molar-refractivity contribution in [3.8, 4) is 5.75 Å². The van der Waals surface area contributed by atoms with Gasteiger partial charge in [-0.05, 0) is 50.2 Å². The molecule has 2 aromatic carbocycles. The number of rotatable bonds is 5. The molecule has 24 heavy (non-hydrogen) atoms. The zero-order valence-electron chi connectivity index (χ0n) is 13.8. The maximum absolute atomic E-state index is 9.95. The van der Waals surface area contributed by atoms with E-state index in [2.05, 4.69) is 10.4 Å². The quantitative estimate of drug-likeness (QED) is 0.720. The monoisotopic (exact) mass is 345 g/mol. The number of aliphatic hydroxyl groups excluding tert-OH is 1. The van der Waals surface area contributed by atoms with E-state index in [4.69, 9.17) is 16.3 Å². The summed E-state index contributed by atoms with van der Waals surface area (Å²) in [6, 6.07) is 13.1. The van der Waals surface area contributed by atoms with Crippen LogP contribution in [0.2, 0.25) is 5.02 Å². The van der Waals surface area contributed by atoms with Gasteiger partial charge in [0.15, 0.2) is 5.82 Å². The Bertz CT molecular complexity index is 861. The third-order valence-corrected chi connectivity index (χ3v) is 4.32. The van der Waals surface area contributed by atoms with Crippen LogP contribution in [0.25, 0.3) is 10.9 Å². The first kappa shape index (κ1) is 16.6. The molecule has 126 valence electrons. The molecule has 1 heterocycles. The molecule has 2 unspecified atom stereocenters. The molecule has 2 N–H and O–H groups in total. The molecule has 0 fully saturated rings. The van der Waals surface area contributed by atoms with Gasteiger partial charge in [-0.25, -0.2) is 0 Å². The Kier molecular flexibility index (Phi) is 4.64. The summed E-state index contributed by atoms with van der Waals surface area (Å²) in [5, 5.41) is 19.5. The van der Waals surface area contributed by atoms with Crippen molar-refractivity contribution in [1.29, 1.82) is 0 Å². The fraction of sp³-hybridized carbons (Fsp3) is 0.278. The molecule has 0 amide bonds. The topological polar surface area (TPSA) is 59.3 Å². The molecular formula is C18H20ClN3O2. The Balaban J connectivity index is 2.11. The molecule has 3 rings (SSSR count). The lowest BCUT2D eigenvalue weighted by molar-refractivity contribution is 0.135. The van der Waals surface area contributed by atoms with E-state index in [0.717, 1.165) is 22.3 Å². The summed E-state index contributed by atoms with van der Waals surface area (Å²) in [6.45, 7) is 3.69. The van der Waals surface area contributed by atoms with Gasteiger partial charge in [0.05, 0.1) is 24.8 Å². The van der Waals surface area contributed by atoms with Crippen LogP contribution in [0.3, 0.4) is 0 Å². The van der Waals surface area contributed by atoms with Crippen LogP contribution < -0.4 is 10.1 Å². The summed E-state index contributed by atoms with van der Waals surface area (Å²) < 4.78 is 7.15. The first-order valence-corrected chi connectivity index (χ1v) is 8.14. The third-order valence-electron chi connectivity index (χ3n) is 4.08. The van der Waals surface area contributed by atoms with Crippen molar-refractivity contribution in [2.45, 2.75) is 26.0 Å². The predicted octanol–water partition coefficient (Wildman–Crippen LogP) is 4.38. The number of halogens is 1. The zero-order valence-corrected chi connectivity index (χ0v) is 14.6. The summed E-state index contributed by atoms with van der Waals surface area (Å²) in [5.74, 6) is 1.44. The zero-order chi connectivity index (χ0) is 17.3. The molecule has 3 aromatic rings. The van der Waals surface area contributed by atoms with Crippen LogP contribution >= 0.6 is 11.6 Å². The van der Waals surface area contributed by atoms with Crippen molar-refractivity contribution < 1.29 is 9.84 Å². The second-order valence-corrected chi connectivity index (χ2v) is 6.23. The Morgan fingerprint density at radius 2 is 2.00 bits per heavy atom. The number of aliphatic hydroxyl groups is 1. The highest BCUT2D eigenvalue weighted by Gasteiger charge is 2.19. The van der Waals surface area contributed by atoms with Gasteiger partial charge in [0.25, 0.3) is 0 Å². The maximum Gasteiger partial charge on any atom is 0.160 e. The molecule has 2 atom stereocenters. The highest BCUT2D eigenvalue weighted by Crippen LogP contribution is 2.32. The van der Waals surface area contributed by atoms with Crippen molar-refractivity contribution >= 4 is 34.0 Å². The van der Waals surface area contributed by atoms with E-state index in [0.29, 0.717) is 10.8 Å². The Labute approximate surface area is 145 Å². The van der Waals surface area contributed by atoms with Crippen LogP contribution in [-0.4, -0.2) is 28.1 Å². The average molecular weight is 346 g/mol. The summed E-state index contributed by atoms with van der Waals surface area (Å²) in [5.41, 5.74) is 1.77. The smallest absolute Gasteiger partial charge is 0.160 e. The molecule has 0 aliphatic heterocycles. The minimum Gasteiger partial charge on any atom is -0.497 e. The summed E-state index contributed by atoms with van der Waals surface area (Å²) in [6.07, 6.45) is -0.519. The fourth-order valence-corrected chi connectivity index (χ4v) is 2.75. The standard InChI is InChI=1S/C18H20ClN3O2/c1-11(12(2)23)22-17-8-7-15(24-3)10-16(17)18(21-22)20-14-6-4-5-13(19)9-14/h4-12,23H,1-3H3,(H,20,21). The predicted molar refractivity (Wildman–Crippen MR) is 97.4 cm³/mol. The summed E-state index contributed by atoms with van der Waals surface area (Å²) in [4.78, 5) is 0. The lowest BCUT2D eigenvalue weighted by atomic mass is 10.2. The summed E-state index contributed by atoms with van der Waals surface area (Å²) >= 11 is 6.06. The molecule has 0 radical (unpaired) electrons. The van der Waals surface area contributed by atoms with Gasteiger partial charge in [-0.3, -0.25) is 4.68 Å².